The highest BCUT2D eigenvalue weighted by Gasteiger charge is 2.73. The van der Waals surface area contributed by atoms with Gasteiger partial charge in [0.1, 0.15) is 11.3 Å². The van der Waals surface area contributed by atoms with Crippen LogP contribution in [0, 0.1) is 5.92 Å². The van der Waals surface area contributed by atoms with Gasteiger partial charge in [0.05, 0.1) is 16.6 Å². The Bertz CT molecular complexity index is 1190. The van der Waals surface area contributed by atoms with Gasteiger partial charge in [-0.1, -0.05) is 6.07 Å². The Morgan fingerprint density at radius 1 is 1.18 bits per heavy atom. The first kappa shape index (κ1) is 20.6. The zero-order chi connectivity index (χ0) is 23.6. The molecule has 2 aliphatic heterocycles. The molecule has 180 valence electrons. The Hall–Kier alpha value is -2.78. The van der Waals surface area contributed by atoms with Crippen LogP contribution >= 0.6 is 0 Å². The quantitative estimate of drug-likeness (QED) is 0.433. The number of nitrogens with one attached hydrogen (secondary N) is 1. The zero-order valence-corrected chi connectivity index (χ0v) is 18.7. The lowest BCUT2D eigenvalue weighted by atomic mass is 9.49. The molecule has 3 fully saturated rings. The van der Waals surface area contributed by atoms with Gasteiger partial charge in [-0.2, -0.15) is 0 Å². The van der Waals surface area contributed by atoms with E-state index in [1.165, 1.54) is 12.8 Å². The van der Waals surface area contributed by atoms with Gasteiger partial charge in [-0.15, -0.1) is 0 Å². The summed E-state index contributed by atoms with van der Waals surface area (Å²) in [6, 6.07) is 3.19. The number of aromatic hydroxyl groups is 1. The minimum atomic E-state index is -1.41. The van der Waals surface area contributed by atoms with Gasteiger partial charge in [0.2, 0.25) is 0 Å². The number of amides is 1. The SMILES string of the molecule is O=C(NC1(C(=O)O)CC1)C1=C(O)[C@@H]2Oc3c(O)ccc4c3[C@@]23CCN(CC2CC2)[C@H](C4)[C@]3(O)C1. The maximum Gasteiger partial charge on any atom is 0.329 e. The third kappa shape index (κ3) is 2.36. The van der Waals surface area contributed by atoms with Gasteiger partial charge >= 0.3 is 5.97 Å². The van der Waals surface area contributed by atoms with E-state index < -0.39 is 34.5 Å². The van der Waals surface area contributed by atoms with E-state index in [0.717, 1.165) is 24.2 Å². The van der Waals surface area contributed by atoms with Crippen molar-refractivity contribution in [2.45, 2.75) is 73.6 Å². The number of phenols is 1. The number of hydrogen-bond donors (Lipinski definition) is 5. The number of phenolic OH excluding ortho intramolecular Hbond substituents is 1. The number of nitrogens with zero attached hydrogens (tertiary/aromatic N) is 1. The highest BCUT2D eigenvalue weighted by atomic mass is 16.5. The standard InChI is InChI=1S/C25H28N2O7/c28-15-4-3-13-9-16-25(33)10-14(21(30)26-23(5-6-23)22(31)32)18(29)20-24(25,17(13)19(15)34-20)7-8-27(16)11-12-1-2-12/h3-4,12,16,20,28-29,33H,1-2,5-11H2,(H,26,30)(H,31,32)/t16-,20+,24+,25-/m1/s1. The molecule has 1 aromatic rings. The number of carboxylic acid groups (broad SMARTS) is 1. The molecule has 4 atom stereocenters. The molecule has 4 aliphatic carbocycles. The van der Waals surface area contributed by atoms with Crippen molar-refractivity contribution in [3.63, 3.8) is 0 Å². The summed E-state index contributed by atoms with van der Waals surface area (Å²) in [5.41, 5.74) is -1.98. The van der Waals surface area contributed by atoms with Gasteiger partial charge < -0.3 is 30.5 Å². The fraction of sp³-hybridized carbons (Fsp3) is 0.600. The van der Waals surface area contributed by atoms with Gasteiger partial charge in [-0.25, -0.2) is 4.79 Å². The van der Waals surface area contributed by atoms with Gasteiger partial charge in [0.15, 0.2) is 17.6 Å². The Balaban J connectivity index is 1.37. The van der Waals surface area contributed by atoms with Crippen LogP contribution in [0.2, 0.25) is 0 Å². The van der Waals surface area contributed by atoms with Crippen molar-refractivity contribution in [2.24, 2.45) is 5.92 Å². The van der Waals surface area contributed by atoms with E-state index in [2.05, 4.69) is 10.2 Å². The molecular formula is C25H28N2O7. The number of carboxylic acids is 1. The Morgan fingerprint density at radius 2 is 1.94 bits per heavy atom. The molecule has 0 unspecified atom stereocenters. The maximum atomic E-state index is 13.3. The molecule has 9 heteroatoms. The molecule has 0 radical (unpaired) electrons. The lowest BCUT2D eigenvalue weighted by Gasteiger charge is -2.62. The second-order valence-electron chi connectivity index (χ2n) is 11.1. The lowest BCUT2D eigenvalue weighted by Crippen LogP contribution is -2.76. The van der Waals surface area contributed by atoms with E-state index in [1.54, 1.807) is 6.07 Å². The van der Waals surface area contributed by atoms with E-state index in [9.17, 15) is 30.0 Å². The van der Waals surface area contributed by atoms with Crippen LogP contribution in [-0.4, -0.2) is 73.6 Å². The Labute approximate surface area is 196 Å². The van der Waals surface area contributed by atoms with E-state index in [1.807, 2.05) is 6.07 Å². The molecule has 6 aliphatic rings. The summed E-state index contributed by atoms with van der Waals surface area (Å²) in [6.45, 7) is 1.61. The highest BCUT2D eigenvalue weighted by molar-refractivity contribution is 5.99. The third-order valence-electron chi connectivity index (χ3n) is 9.30. The van der Waals surface area contributed by atoms with Gasteiger partial charge in [-0.05, 0) is 62.6 Å². The lowest BCUT2D eigenvalue weighted by molar-refractivity contribution is -0.172. The van der Waals surface area contributed by atoms with Crippen LogP contribution in [0.5, 0.6) is 11.5 Å². The molecule has 1 amide bonds. The smallest absolute Gasteiger partial charge is 0.329 e. The van der Waals surface area contributed by atoms with Crippen LogP contribution in [0.3, 0.4) is 0 Å². The summed E-state index contributed by atoms with van der Waals surface area (Å²) in [7, 11) is 0. The highest BCUT2D eigenvalue weighted by Crippen LogP contribution is 2.66. The Morgan fingerprint density at radius 3 is 2.62 bits per heavy atom. The fourth-order valence-electron chi connectivity index (χ4n) is 7.18. The fourth-order valence-corrected chi connectivity index (χ4v) is 7.18. The molecule has 34 heavy (non-hydrogen) atoms. The number of aliphatic hydroxyl groups is 2. The van der Waals surface area contributed by atoms with Crippen molar-refractivity contribution < 1.29 is 34.8 Å². The van der Waals surface area contributed by atoms with Crippen molar-refractivity contribution in [2.75, 3.05) is 13.1 Å². The van der Waals surface area contributed by atoms with Crippen LogP contribution in [0.25, 0.3) is 0 Å². The number of piperidine rings is 1. The van der Waals surface area contributed by atoms with Crippen molar-refractivity contribution in [3.8, 4) is 11.5 Å². The number of rotatable bonds is 5. The average molecular weight is 469 g/mol. The van der Waals surface area contributed by atoms with E-state index in [-0.39, 0.29) is 35.3 Å². The van der Waals surface area contributed by atoms with Crippen LogP contribution in [-0.2, 0) is 21.4 Å². The summed E-state index contributed by atoms with van der Waals surface area (Å²) in [4.78, 5) is 27.3. The second kappa shape index (κ2) is 6.26. The topological polar surface area (TPSA) is 140 Å². The number of benzene rings is 1. The summed E-state index contributed by atoms with van der Waals surface area (Å²) in [5.74, 6) is -1.22. The molecule has 2 bridgehead atoms. The average Bonchev–Trinajstić information content (AvgIpc) is 3.71. The van der Waals surface area contributed by atoms with Crippen molar-refractivity contribution in [3.05, 3.63) is 34.6 Å². The van der Waals surface area contributed by atoms with Gasteiger partial charge in [0, 0.05) is 24.6 Å². The maximum absolute atomic E-state index is 13.3. The molecule has 0 aromatic heterocycles. The van der Waals surface area contributed by atoms with Crippen LogP contribution in [0.1, 0.15) is 49.7 Å². The number of aliphatic hydroxyl groups excluding tert-OH is 1. The first-order valence-corrected chi connectivity index (χ1v) is 12.2. The first-order chi connectivity index (χ1) is 16.2. The van der Waals surface area contributed by atoms with Crippen LogP contribution in [0.15, 0.2) is 23.5 Å². The third-order valence-corrected chi connectivity index (χ3v) is 9.30. The minimum absolute atomic E-state index is 0.0235. The molecule has 7 rings (SSSR count). The number of carbonyl (C=O) groups is 2. The summed E-state index contributed by atoms with van der Waals surface area (Å²) in [5, 5.41) is 46.6. The normalized spacial score (nSPS) is 36.5. The van der Waals surface area contributed by atoms with Crippen molar-refractivity contribution in [1.29, 1.82) is 0 Å². The zero-order valence-electron chi connectivity index (χ0n) is 18.7. The van der Waals surface area contributed by atoms with Gasteiger partial charge in [-0.3, -0.25) is 9.69 Å². The van der Waals surface area contributed by atoms with Crippen LogP contribution < -0.4 is 10.1 Å². The summed E-state index contributed by atoms with van der Waals surface area (Å²) < 4.78 is 6.16. The molecule has 9 nitrogen and oxygen atoms in total. The predicted octanol–water partition coefficient (Wildman–Crippen LogP) is 1.11. The molecule has 1 saturated heterocycles. The molecule has 2 heterocycles. The number of hydrogen-bond acceptors (Lipinski definition) is 7. The van der Waals surface area contributed by atoms with E-state index in [4.69, 9.17) is 4.74 Å². The molecular weight excluding hydrogens is 440 g/mol. The molecule has 1 spiro atoms. The summed E-state index contributed by atoms with van der Waals surface area (Å²) in [6.07, 6.45) is 2.99. The van der Waals surface area contributed by atoms with Crippen molar-refractivity contribution in [1.82, 2.24) is 10.2 Å². The first-order valence-electron chi connectivity index (χ1n) is 12.2. The monoisotopic (exact) mass is 468 g/mol. The second-order valence-corrected chi connectivity index (χ2v) is 11.1. The largest absolute Gasteiger partial charge is 0.508 e. The predicted molar refractivity (Wildman–Crippen MR) is 118 cm³/mol. The Kier molecular flexibility index (Phi) is 3.79. The number of likely N-dealkylation sites (tertiary alicyclic amines) is 1. The number of aliphatic carboxylic acids is 1. The van der Waals surface area contributed by atoms with Gasteiger partial charge in [0.25, 0.3) is 5.91 Å². The molecule has 2 saturated carbocycles. The molecule has 1 aromatic carbocycles. The number of ether oxygens (including phenoxy) is 1. The molecule has 5 N–H and O–H groups in total. The number of carbonyl (C=O) groups excluding carboxylic acids is 1. The minimum Gasteiger partial charge on any atom is -0.508 e. The van der Waals surface area contributed by atoms with Crippen LogP contribution in [0.4, 0.5) is 0 Å². The van der Waals surface area contributed by atoms with E-state index in [0.29, 0.717) is 31.6 Å². The van der Waals surface area contributed by atoms with Crippen molar-refractivity contribution >= 4 is 11.9 Å². The van der Waals surface area contributed by atoms with E-state index >= 15 is 0 Å². The summed E-state index contributed by atoms with van der Waals surface area (Å²) >= 11 is 0.